The molecule has 0 unspecified atom stereocenters. The van der Waals surface area contributed by atoms with E-state index in [-0.39, 0.29) is 5.56 Å². The van der Waals surface area contributed by atoms with Crippen LogP contribution in [-0.2, 0) is 6.42 Å². The monoisotopic (exact) mass is 286 g/mol. The average molecular weight is 287 g/mol. The topological polar surface area (TPSA) is 55.8 Å². The maximum atomic E-state index is 11.1. The van der Waals surface area contributed by atoms with Crippen LogP contribution in [0, 0.1) is 0 Å². The Morgan fingerprint density at radius 1 is 1.44 bits per heavy atom. The largest absolute Gasteiger partial charge is 0.486 e. The minimum Gasteiger partial charge on any atom is -0.486 e. The molecule has 4 nitrogen and oxygen atoms in total. The van der Waals surface area contributed by atoms with Crippen LogP contribution in [0.25, 0.3) is 0 Å². The zero-order valence-electron chi connectivity index (χ0n) is 8.75. The Kier molecular flexibility index (Phi) is 3.05. The number of aromatic carboxylic acids is 1. The molecule has 0 saturated heterocycles. The van der Waals surface area contributed by atoms with E-state index in [1.807, 2.05) is 6.92 Å². The quantitative estimate of drug-likeness (QED) is 0.908. The summed E-state index contributed by atoms with van der Waals surface area (Å²) in [6.07, 6.45) is 0.598. The lowest BCUT2D eigenvalue weighted by Crippen LogP contribution is -2.18. The summed E-state index contributed by atoms with van der Waals surface area (Å²) in [5.41, 5.74) is 0.948. The molecular formula is C11H11BrO4. The van der Waals surface area contributed by atoms with Crippen LogP contribution in [0.15, 0.2) is 10.5 Å². The van der Waals surface area contributed by atoms with Gasteiger partial charge in [-0.3, -0.25) is 0 Å². The van der Waals surface area contributed by atoms with E-state index in [1.54, 1.807) is 6.07 Å². The van der Waals surface area contributed by atoms with Gasteiger partial charge in [0, 0.05) is 5.56 Å². The molecule has 0 saturated carbocycles. The minimum atomic E-state index is -0.950. The molecule has 1 aliphatic rings. The van der Waals surface area contributed by atoms with Crippen LogP contribution in [0.5, 0.6) is 11.5 Å². The van der Waals surface area contributed by atoms with Gasteiger partial charge in [-0.2, -0.15) is 0 Å². The third kappa shape index (κ3) is 1.75. The first-order valence-electron chi connectivity index (χ1n) is 4.99. The lowest BCUT2D eigenvalue weighted by atomic mass is 10.0. The lowest BCUT2D eigenvalue weighted by molar-refractivity contribution is 0.0694. The fourth-order valence-electron chi connectivity index (χ4n) is 1.76. The Labute approximate surface area is 101 Å². The molecule has 2 rings (SSSR count). The summed E-state index contributed by atoms with van der Waals surface area (Å²) in [6, 6.07) is 1.56. The van der Waals surface area contributed by atoms with Crippen molar-refractivity contribution in [3.05, 3.63) is 21.7 Å². The summed E-state index contributed by atoms with van der Waals surface area (Å²) in [7, 11) is 0. The second-order valence-corrected chi connectivity index (χ2v) is 4.25. The van der Waals surface area contributed by atoms with Gasteiger partial charge in [-0.15, -0.1) is 0 Å². The molecule has 0 aromatic heterocycles. The normalized spacial score (nSPS) is 13.6. The van der Waals surface area contributed by atoms with Gasteiger partial charge in [-0.1, -0.05) is 6.92 Å². The van der Waals surface area contributed by atoms with E-state index in [1.165, 1.54) is 0 Å². The van der Waals surface area contributed by atoms with Gasteiger partial charge >= 0.3 is 5.97 Å². The van der Waals surface area contributed by atoms with Crippen molar-refractivity contribution in [2.24, 2.45) is 0 Å². The Morgan fingerprint density at radius 2 is 2.06 bits per heavy atom. The Hall–Kier alpha value is -1.23. The van der Waals surface area contributed by atoms with E-state index < -0.39 is 5.97 Å². The first-order valence-corrected chi connectivity index (χ1v) is 5.78. The fourth-order valence-corrected chi connectivity index (χ4v) is 2.29. The Balaban J connectivity index is 2.66. The second kappa shape index (κ2) is 4.33. The number of carbonyl (C=O) groups is 1. The first-order chi connectivity index (χ1) is 7.65. The number of carboxylic acids is 1. The number of carboxylic acid groups (broad SMARTS) is 1. The molecule has 86 valence electrons. The number of benzene rings is 1. The summed E-state index contributed by atoms with van der Waals surface area (Å²) in [6.45, 7) is 2.84. The minimum absolute atomic E-state index is 0.263. The van der Waals surface area contributed by atoms with Crippen molar-refractivity contribution in [2.75, 3.05) is 13.2 Å². The summed E-state index contributed by atoms with van der Waals surface area (Å²) in [4.78, 5) is 11.1. The molecule has 0 aliphatic carbocycles. The standard InChI is InChI=1S/C11H11BrO4/c1-2-6-7(11(13)14)5-8(12)10-9(6)15-3-4-16-10/h5H,2-4H2,1H3,(H,13,14). The van der Waals surface area contributed by atoms with Gasteiger partial charge in [-0.25, -0.2) is 4.79 Å². The molecule has 0 amide bonds. The van der Waals surface area contributed by atoms with Gasteiger partial charge in [0.15, 0.2) is 11.5 Å². The van der Waals surface area contributed by atoms with Crippen molar-refractivity contribution in [3.8, 4) is 11.5 Å². The van der Waals surface area contributed by atoms with E-state index in [4.69, 9.17) is 14.6 Å². The van der Waals surface area contributed by atoms with Gasteiger partial charge in [0.05, 0.1) is 10.0 Å². The van der Waals surface area contributed by atoms with E-state index in [0.717, 1.165) is 0 Å². The number of hydrogen-bond acceptors (Lipinski definition) is 3. The molecule has 5 heteroatoms. The predicted octanol–water partition coefficient (Wildman–Crippen LogP) is 2.48. The zero-order valence-corrected chi connectivity index (χ0v) is 10.3. The molecule has 0 bridgehead atoms. The maximum Gasteiger partial charge on any atom is 0.336 e. The molecule has 0 radical (unpaired) electrons. The van der Waals surface area contributed by atoms with Gasteiger partial charge in [0.2, 0.25) is 0 Å². The number of ether oxygens (including phenoxy) is 2. The molecule has 0 spiro atoms. The highest BCUT2D eigenvalue weighted by Gasteiger charge is 2.24. The van der Waals surface area contributed by atoms with Gasteiger partial charge in [0.25, 0.3) is 0 Å². The highest BCUT2D eigenvalue weighted by Crippen LogP contribution is 2.42. The summed E-state index contributed by atoms with van der Waals surface area (Å²) < 4.78 is 11.6. The molecule has 0 atom stereocenters. The molecule has 1 aromatic rings. The van der Waals surface area contributed by atoms with E-state index in [2.05, 4.69) is 15.9 Å². The molecule has 1 aliphatic heterocycles. The summed E-state index contributed by atoms with van der Waals surface area (Å²) in [5.74, 6) is 0.211. The van der Waals surface area contributed by atoms with Crippen molar-refractivity contribution >= 4 is 21.9 Å². The van der Waals surface area contributed by atoms with Crippen LogP contribution in [0.3, 0.4) is 0 Å². The van der Waals surface area contributed by atoms with Crippen LogP contribution in [0.4, 0.5) is 0 Å². The fraction of sp³-hybridized carbons (Fsp3) is 0.364. The maximum absolute atomic E-state index is 11.1. The predicted molar refractivity (Wildman–Crippen MR) is 61.5 cm³/mol. The van der Waals surface area contributed by atoms with Crippen LogP contribution >= 0.6 is 15.9 Å². The van der Waals surface area contributed by atoms with Crippen LogP contribution in [0.1, 0.15) is 22.8 Å². The zero-order chi connectivity index (χ0) is 11.7. The summed E-state index contributed by atoms with van der Waals surface area (Å²) in [5, 5.41) is 9.11. The molecule has 16 heavy (non-hydrogen) atoms. The third-order valence-electron chi connectivity index (χ3n) is 2.45. The van der Waals surface area contributed by atoms with Crippen molar-refractivity contribution in [1.29, 1.82) is 0 Å². The van der Waals surface area contributed by atoms with E-state index in [9.17, 15) is 4.79 Å². The highest BCUT2D eigenvalue weighted by atomic mass is 79.9. The van der Waals surface area contributed by atoms with Crippen molar-refractivity contribution < 1.29 is 19.4 Å². The van der Waals surface area contributed by atoms with Gasteiger partial charge in [-0.05, 0) is 28.4 Å². The molecule has 1 aromatic carbocycles. The molecule has 1 N–H and O–H groups in total. The third-order valence-corrected chi connectivity index (χ3v) is 3.04. The number of rotatable bonds is 2. The molecule has 1 heterocycles. The SMILES string of the molecule is CCc1c(C(=O)O)cc(Br)c2c1OCCO2. The van der Waals surface area contributed by atoms with E-state index >= 15 is 0 Å². The molecular weight excluding hydrogens is 276 g/mol. The van der Waals surface area contributed by atoms with Crippen molar-refractivity contribution in [1.82, 2.24) is 0 Å². The number of hydrogen-bond donors (Lipinski definition) is 1. The van der Waals surface area contributed by atoms with Gasteiger partial charge in [0.1, 0.15) is 13.2 Å². The average Bonchev–Trinajstić information content (AvgIpc) is 2.29. The summed E-state index contributed by atoms with van der Waals surface area (Å²) >= 11 is 3.30. The van der Waals surface area contributed by atoms with E-state index in [0.29, 0.717) is 41.2 Å². The molecule has 0 fully saturated rings. The van der Waals surface area contributed by atoms with Gasteiger partial charge < -0.3 is 14.6 Å². The van der Waals surface area contributed by atoms with Crippen LogP contribution in [-0.4, -0.2) is 24.3 Å². The Morgan fingerprint density at radius 3 is 2.62 bits per heavy atom. The van der Waals surface area contributed by atoms with Crippen LogP contribution in [0.2, 0.25) is 0 Å². The lowest BCUT2D eigenvalue weighted by Gasteiger charge is -2.23. The number of fused-ring (bicyclic) bond motifs is 1. The second-order valence-electron chi connectivity index (χ2n) is 3.40. The van der Waals surface area contributed by atoms with Crippen LogP contribution < -0.4 is 9.47 Å². The first kappa shape index (κ1) is 11.3. The Bertz CT molecular complexity index is 442. The highest BCUT2D eigenvalue weighted by molar-refractivity contribution is 9.10. The smallest absolute Gasteiger partial charge is 0.336 e. The van der Waals surface area contributed by atoms with Crippen molar-refractivity contribution in [3.63, 3.8) is 0 Å². The number of halogens is 1. The van der Waals surface area contributed by atoms with Crippen molar-refractivity contribution in [2.45, 2.75) is 13.3 Å².